The molecule has 3 rings (SSSR count). The molecule has 5 nitrogen and oxygen atoms in total. The van der Waals surface area contributed by atoms with Crippen LogP contribution in [0.5, 0.6) is 0 Å². The highest BCUT2D eigenvalue weighted by Gasteiger charge is 2.29. The van der Waals surface area contributed by atoms with E-state index < -0.39 is 26.6 Å². The summed E-state index contributed by atoms with van der Waals surface area (Å²) in [6, 6.07) is 10.9. The average Bonchev–Trinajstić information content (AvgIpc) is 2.69. The zero-order valence-electron chi connectivity index (χ0n) is 15.2. The first-order chi connectivity index (χ1) is 12.9. The van der Waals surface area contributed by atoms with Gasteiger partial charge >= 0.3 is 0 Å². The minimum absolute atomic E-state index is 0.109. The van der Waals surface area contributed by atoms with Gasteiger partial charge in [0.25, 0.3) is 5.91 Å². The lowest BCUT2D eigenvalue weighted by molar-refractivity contribution is 0.102. The van der Waals surface area contributed by atoms with Gasteiger partial charge in [-0.1, -0.05) is 31.5 Å². The monoisotopic (exact) mass is 390 g/mol. The molecular weight excluding hydrogens is 367 g/mol. The molecule has 0 aliphatic carbocycles. The zero-order valence-corrected chi connectivity index (χ0v) is 16.1. The number of sulfonamides is 1. The highest BCUT2D eigenvalue weighted by Crippen LogP contribution is 2.25. The van der Waals surface area contributed by atoms with E-state index in [4.69, 9.17) is 0 Å². The van der Waals surface area contributed by atoms with Crippen LogP contribution in [0.15, 0.2) is 47.4 Å². The van der Waals surface area contributed by atoms with Gasteiger partial charge in [0.2, 0.25) is 10.0 Å². The molecule has 0 saturated carbocycles. The Morgan fingerprint density at radius 1 is 1.11 bits per heavy atom. The predicted octanol–water partition coefficient (Wildman–Crippen LogP) is 3.82. The van der Waals surface area contributed by atoms with E-state index in [2.05, 4.69) is 5.32 Å². The van der Waals surface area contributed by atoms with Gasteiger partial charge in [-0.2, -0.15) is 4.31 Å². The van der Waals surface area contributed by atoms with E-state index in [1.54, 1.807) is 6.07 Å². The second-order valence-electron chi connectivity index (χ2n) is 6.57. The number of benzene rings is 2. The quantitative estimate of drug-likeness (QED) is 0.844. The fourth-order valence-electron chi connectivity index (χ4n) is 3.23. The lowest BCUT2D eigenvalue weighted by atomic mass is 10.1. The maximum absolute atomic E-state index is 14.3. The van der Waals surface area contributed by atoms with E-state index in [9.17, 15) is 17.6 Å². The lowest BCUT2D eigenvalue weighted by Gasteiger charge is -2.26. The smallest absolute Gasteiger partial charge is 0.255 e. The van der Waals surface area contributed by atoms with Crippen molar-refractivity contribution in [1.82, 2.24) is 4.31 Å². The Bertz CT molecular complexity index is 938. The average molecular weight is 390 g/mol. The topological polar surface area (TPSA) is 66.5 Å². The number of anilines is 1. The van der Waals surface area contributed by atoms with Gasteiger partial charge in [-0.3, -0.25) is 4.79 Å². The van der Waals surface area contributed by atoms with Crippen LogP contribution in [0.2, 0.25) is 0 Å². The van der Waals surface area contributed by atoms with Crippen LogP contribution in [0.25, 0.3) is 0 Å². The van der Waals surface area contributed by atoms with Crippen molar-refractivity contribution in [2.45, 2.75) is 37.5 Å². The Labute approximate surface area is 159 Å². The van der Waals surface area contributed by atoms with E-state index in [1.165, 1.54) is 10.4 Å². The minimum Gasteiger partial charge on any atom is -0.322 e. The molecule has 0 radical (unpaired) electrons. The first kappa shape index (κ1) is 19.5. The van der Waals surface area contributed by atoms with Gasteiger partial charge < -0.3 is 5.32 Å². The van der Waals surface area contributed by atoms with E-state index in [-0.39, 0.29) is 5.56 Å². The number of hydrogen-bond donors (Lipinski definition) is 1. The van der Waals surface area contributed by atoms with Crippen LogP contribution in [0, 0.1) is 5.82 Å². The number of piperidine rings is 1. The zero-order chi connectivity index (χ0) is 19.4. The van der Waals surface area contributed by atoms with Crippen LogP contribution in [0.4, 0.5) is 10.1 Å². The van der Waals surface area contributed by atoms with Crippen molar-refractivity contribution in [3.63, 3.8) is 0 Å². The molecule has 1 aliphatic rings. The molecule has 0 atom stereocenters. The van der Waals surface area contributed by atoms with Crippen molar-refractivity contribution in [1.29, 1.82) is 0 Å². The van der Waals surface area contributed by atoms with Crippen molar-refractivity contribution in [2.75, 3.05) is 18.4 Å². The van der Waals surface area contributed by atoms with Crippen LogP contribution in [-0.2, 0) is 16.4 Å². The second-order valence-corrected chi connectivity index (χ2v) is 8.48. The molecule has 1 aliphatic heterocycles. The number of carbonyl (C=O) groups is 1. The number of rotatable bonds is 5. The summed E-state index contributed by atoms with van der Waals surface area (Å²) in [4.78, 5) is 12.2. The summed E-state index contributed by atoms with van der Waals surface area (Å²) in [5, 5.41) is 2.79. The molecule has 27 heavy (non-hydrogen) atoms. The molecule has 1 saturated heterocycles. The van der Waals surface area contributed by atoms with Crippen molar-refractivity contribution in [3.05, 3.63) is 59.4 Å². The van der Waals surface area contributed by atoms with E-state index in [0.29, 0.717) is 18.8 Å². The summed E-state index contributed by atoms with van der Waals surface area (Å²) >= 11 is 0. The highest BCUT2D eigenvalue weighted by atomic mass is 32.2. The maximum Gasteiger partial charge on any atom is 0.255 e. The molecule has 1 heterocycles. The van der Waals surface area contributed by atoms with Gasteiger partial charge in [0.1, 0.15) is 10.7 Å². The lowest BCUT2D eigenvalue weighted by Crippen LogP contribution is -2.36. The van der Waals surface area contributed by atoms with Gasteiger partial charge in [-0.25, -0.2) is 12.8 Å². The summed E-state index contributed by atoms with van der Waals surface area (Å²) in [5.74, 6) is -1.31. The largest absolute Gasteiger partial charge is 0.322 e. The van der Waals surface area contributed by atoms with Crippen molar-refractivity contribution in [3.8, 4) is 0 Å². The Kier molecular flexibility index (Phi) is 5.92. The third-order valence-electron chi connectivity index (χ3n) is 4.77. The standard InChI is InChI=1S/C20H23FN2O3S/c1-2-15-8-4-5-9-18(15)22-20(24)16-10-11-17(21)19(14-16)27(25,26)23-12-6-3-7-13-23/h4-5,8-11,14H,2-3,6-7,12-13H2,1H3,(H,22,24). The van der Waals surface area contributed by atoms with E-state index in [0.717, 1.165) is 43.4 Å². The number of amides is 1. The van der Waals surface area contributed by atoms with Crippen molar-refractivity contribution < 1.29 is 17.6 Å². The normalized spacial score (nSPS) is 15.5. The first-order valence-electron chi connectivity index (χ1n) is 9.12. The molecule has 2 aromatic carbocycles. The molecule has 144 valence electrons. The van der Waals surface area contributed by atoms with Crippen LogP contribution < -0.4 is 5.32 Å². The number of nitrogens with one attached hydrogen (secondary N) is 1. The summed E-state index contributed by atoms with van der Waals surface area (Å²) in [6.45, 7) is 2.73. The third-order valence-corrected chi connectivity index (χ3v) is 6.69. The SMILES string of the molecule is CCc1ccccc1NC(=O)c1ccc(F)c(S(=O)(=O)N2CCCCC2)c1. The molecule has 7 heteroatoms. The fraction of sp³-hybridized carbons (Fsp3) is 0.350. The van der Waals surface area contributed by atoms with Gasteiger partial charge in [0, 0.05) is 24.3 Å². The third kappa shape index (κ3) is 4.20. The molecule has 0 bridgehead atoms. The molecule has 0 spiro atoms. The second kappa shape index (κ2) is 8.19. The number of aryl methyl sites for hydroxylation is 1. The number of para-hydroxylation sites is 1. The fourth-order valence-corrected chi connectivity index (χ4v) is 4.84. The Balaban J connectivity index is 1.89. The van der Waals surface area contributed by atoms with E-state index >= 15 is 0 Å². The summed E-state index contributed by atoms with van der Waals surface area (Å²) < 4.78 is 41.2. The summed E-state index contributed by atoms with van der Waals surface area (Å²) in [7, 11) is -3.96. The molecular formula is C20H23FN2O3S. The molecule has 1 amide bonds. The summed E-state index contributed by atoms with van der Waals surface area (Å²) in [6.07, 6.45) is 3.23. The first-order valence-corrected chi connectivity index (χ1v) is 10.6. The van der Waals surface area contributed by atoms with Crippen molar-refractivity contribution in [2.24, 2.45) is 0 Å². The van der Waals surface area contributed by atoms with Gasteiger partial charge in [-0.15, -0.1) is 0 Å². The molecule has 1 N–H and O–H groups in total. The maximum atomic E-state index is 14.3. The Morgan fingerprint density at radius 3 is 2.52 bits per heavy atom. The molecule has 0 aromatic heterocycles. The Hall–Kier alpha value is -2.25. The number of carbonyl (C=O) groups excluding carboxylic acids is 1. The highest BCUT2D eigenvalue weighted by molar-refractivity contribution is 7.89. The van der Waals surface area contributed by atoms with Gasteiger partial charge in [0.05, 0.1) is 0 Å². The Morgan fingerprint density at radius 2 is 1.81 bits per heavy atom. The van der Waals surface area contributed by atoms with Crippen LogP contribution in [-0.4, -0.2) is 31.7 Å². The van der Waals surface area contributed by atoms with Crippen LogP contribution in [0.1, 0.15) is 42.1 Å². The van der Waals surface area contributed by atoms with Gasteiger partial charge in [-0.05, 0) is 49.1 Å². The van der Waals surface area contributed by atoms with Crippen LogP contribution in [0.3, 0.4) is 0 Å². The molecule has 1 fully saturated rings. The molecule has 0 unspecified atom stereocenters. The van der Waals surface area contributed by atoms with E-state index in [1.807, 2.05) is 25.1 Å². The van der Waals surface area contributed by atoms with Crippen LogP contribution >= 0.6 is 0 Å². The molecule has 2 aromatic rings. The van der Waals surface area contributed by atoms with Gasteiger partial charge in [0.15, 0.2) is 0 Å². The minimum atomic E-state index is -3.96. The number of halogens is 1. The number of hydrogen-bond acceptors (Lipinski definition) is 3. The number of nitrogens with zero attached hydrogens (tertiary/aromatic N) is 1. The predicted molar refractivity (Wildman–Crippen MR) is 103 cm³/mol. The van der Waals surface area contributed by atoms with Crippen molar-refractivity contribution >= 4 is 21.6 Å². The summed E-state index contributed by atoms with van der Waals surface area (Å²) in [5.41, 5.74) is 1.74.